The largest absolute Gasteiger partial charge is 0.496 e. The van der Waals surface area contributed by atoms with Gasteiger partial charge in [0.15, 0.2) is 5.78 Å². The number of carbonyl (C=O) groups excluding carboxylic acids is 1. The lowest BCUT2D eigenvalue weighted by Gasteiger charge is -2.10. The Kier molecular flexibility index (Phi) is 4.41. The number of methoxy groups -OCH3 is 1. The maximum atomic E-state index is 12.2. The molecule has 0 fully saturated rings. The molecule has 0 aliphatic heterocycles. The zero-order valence-corrected chi connectivity index (χ0v) is 12.1. The summed E-state index contributed by atoms with van der Waals surface area (Å²) in [4.78, 5) is 12.2. The van der Waals surface area contributed by atoms with Crippen molar-refractivity contribution in [2.24, 2.45) is 0 Å². The molecule has 0 saturated carbocycles. The van der Waals surface area contributed by atoms with Crippen LogP contribution in [0.5, 0.6) is 5.75 Å². The minimum absolute atomic E-state index is 0.0154. The van der Waals surface area contributed by atoms with Gasteiger partial charge in [-0.15, -0.1) is 0 Å². The van der Waals surface area contributed by atoms with Crippen LogP contribution in [0.3, 0.4) is 0 Å². The summed E-state index contributed by atoms with van der Waals surface area (Å²) >= 11 is 0. The molecule has 0 aliphatic rings. The van der Waals surface area contributed by atoms with Crippen LogP contribution in [-0.4, -0.2) is 19.4 Å². The van der Waals surface area contributed by atoms with Crippen LogP contribution in [0, 0.1) is 13.8 Å². The quantitative estimate of drug-likeness (QED) is 0.843. The number of aryl methyl sites for hydroxylation is 2. The second-order valence-corrected chi connectivity index (χ2v) is 4.85. The van der Waals surface area contributed by atoms with Gasteiger partial charge in [0.05, 0.1) is 19.2 Å². The Balaban J connectivity index is 2.08. The Morgan fingerprint density at radius 3 is 2.40 bits per heavy atom. The van der Waals surface area contributed by atoms with Gasteiger partial charge in [0, 0.05) is 5.69 Å². The van der Waals surface area contributed by atoms with Crippen molar-refractivity contribution < 1.29 is 9.53 Å². The van der Waals surface area contributed by atoms with E-state index >= 15 is 0 Å². The number of rotatable bonds is 5. The summed E-state index contributed by atoms with van der Waals surface area (Å²) in [5.74, 6) is 0.626. The lowest BCUT2D eigenvalue weighted by atomic mass is 10.1. The van der Waals surface area contributed by atoms with Gasteiger partial charge < -0.3 is 10.1 Å². The van der Waals surface area contributed by atoms with Crippen LogP contribution in [0.15, 0.2) is 42.5 Å². The molecule has 0 spiro atoms. The highest BCUT2D eigenvalue weighted by molar-refractivity contribution is 6.01. The molecule has 1 N–H and O–H groups in total. The van der Waals surface area contributed by atoms with Gasteiger partial charge in [0.25, 0.3) is 0 Å². The van der Waals surface area contributed by atoms with Crippen molar-refractivity contribution in [2.75, 3.05) is 19.0 Å². The molecule has 20 heavy (non-hydrogen) atoms. The number of benzene rings is 2. The molecule has 2 aromatic carbocycles. The van der Waals surface area contributed by atoms with Crippen molar-refractivity contribution in [3.05, 3.63) is 59.2 Å². The smallest absolute Gasteiger partial charge is 0.185 e. The third-order valence-electron chi connectivity index (χ3n) is 3.08. The number of carbonyl (C=O) groups is 1. The Morgan fingerprint density at radius 1 is 1.10 bits per heavy atom. The number of para-hydroxylation sites is 1. The molecule has 0 aliphatic carbocycles. The second-order valence-electron chi connectivity index (χ2n) is 4.85. The molecule has 0 heterocycles. The van der Waals surface area contributed by atoms with Crippen LogP contribution >= 0.6 is 0 Å². The van der Waals surface area contributed by atoms with Crippen LogP contribution in [0.1, 0.15) is 21.5 Å². The SMILES string of the molecule is COc1ccccc1C(=O)CNc1cc(C)cc(C)c1. The van der Waals surface area contributed by atoms with Crippen LogP contribution in [0.4, 0.5) is 5.69 Å². The van der Waals surface area contributed by atoms with E-state index in [9.17, 15) is 4.79 Å². The van der Waals surface area contributed by atoms with Crippen LogP contribution < -0.4 is 10.1 Å². The fraction of sp³-hybridized carbons (Fsp3) is 0.235. The summed E-state index contributed by atoms with van der Waals surface area (Å²) in [6, 6.07) is 13.4. The number of ether oxygens (including phenoxy) is 1. The van der Waals surface area contributed by atoms with Crippen molar-refractivity contribution in [3.8, 4) is 5.75 Å². The number of anilines is 1. The molecule has 0 unspecified atom stereocenters. The first-order valence-corrected chi connectivity index (χ1v) is 6.58. The number of ketones is 1. The summed E-state index contributed by atoms with van der Waals surface area (Å²) in [5, 5.41) is 3.17. The predicted molar refractivity (Wildman–Crippen MR) is 81.7 cm³/mol. The first-order valence-electron chi connectivity index (χ1n) is 6.58. The van der Waals surface area contributed by atoms with E-state index in [0.29, 0.717) is 11.3 Å². The molecule has 0 atom stereocenters. The van der Waals surface area contributed by atoms with Gasteiger partial charge in [-0.05, 0) is 49.2 Å². The van der Waals surface area contributed by atoms with E-state index in [2.05, 4.69) is 11.4 Å². The Labute approximate surface area is 119 Å². The third kappa shape index (κ3) is 3.38. The standard InChI is InChI=1S/C17H19NO2/c1-12-8-13(2)10-14(9-12)18-11-16(19)15-6-4-5-7-17(15)20-3/h4-10,18H,11H2,1-3H3. The third-order valence-corrected chi connectivity index (χ3v) is 3.08. The normalized spacial score (nSPS) is 10.2. The topological polar surface area (TPSA) is 38.3 Å². The summed E-state index contributed by atoms with van der Waals surface area (Å²) in [6.45, 7) is 4.34. The van der Waals surface area contributed by atoms with Gasteiger partial charge in [-0.2, -0.15) is 0 Å². The van der Waals surface area contributed by atoms with Crippen molar-refractivity contribution in [3.63, 3.8) is 0 Å². The molecular weight excluding hydrogens is 250 g/mol. The van der Waals surface area contributed by atoms with E-state index in [4.69, 9.17) is 4.74 Å². The molecule has 2 rings (SSSR count). The van der Waals surface area contributed by atoms with Crippen LogP contribution in [0.25, 0.3) is 0 Å². The first-order chi connectivity index (χ1) is 9.60. The lowest BCUT2D eigenvalue weighted by molar-refractivity contribution is 0.100. The molecule has 3 nitrogen and oxygen atoms in total. The number of Topliss-reactive ketones (excluding diaryl/α,β-unsaturated/α-hetero) is 1. The first kappa shape index (κ1) is 14.1. The Hall–Kier alpha value is -2.29. The van der Waals surface area contributed by atoms with Gasteiger partial charge in [-0.1, -0.05) is 18.2 Å². The van der Waals surface area contributed by atoms with E-state index < -0.39 is 0 Å². The minimum atomic E-state index is 0.0154. The van der Waals surface area contributed by atoms with Crippen molar-refractivity contribution >= 4 is 11.5 Å². The average molecular weight is 269 g/mol. The summed E-state index contributed by atoms with van der Waals surface area (Å²) in [5.41, 5.74) is 3.92. The van der Waals surface area contributed by atoms with Crippen molar-refractivity contribution in [2.45, 2.75) is 13.8 Å². The maximum absolute atomic E-state index is 12.2. The maximum Gasteiger partial charge on any atom is 0.185 e. The van der Waals surface area contributed by atoms with E-state index in [-0.39, 0.29) is 12.3 Å². The van der Waals surface area contributed by atoms with Gasteiger partial charge in [0.1, 0.15) is 5.75 Å². The highest BCUT2D eigenvalue weighted by atomic mass is 16.5. The predicted octanol–water partition coefficient (Wildman–Crippen LogP) is 3.61. The molecule has 0 amide bonds. The van der Waals surface area contributed by atoms with Gasteiger partial charge in [-0.25, -0.2) is 0 Å². The summed E-state index contributed by atoms with van der Waals surface area (Å²) < 4.78 is 5.21. The molecular formula is C17H19NO2. The summed E-state index contributed by atoms with van der Waals surface area (Å²) in [6.07, 6.45) is 0. The number of hydrogen-bond acceptors (Lipinski definition) is 3. The number of nitrogens with one attached hydrogen (secondary N) is 1. The Bertz CT molecular complexity index is 600. The van der Waals surface area contributed by atoms with E-state index in [0.717, 1.165) is 5.69 Å². The molecule has 0 radical (unpaired) electrons. The lowest BCUT2D eigenvalue weighted by Crippen LogP contribution is -2.15. The number of hydrogen-bond donors (Lipinski definition) is 1. The minimum Gasteiger partial charge on any atom is -0.496 e. The van der Waals surface area contributed by atoms with Gasteiger partial charge in [0.2, 0.25) is 0 Å². The molecule has 0 aromatic heterocycles. The molecule has 0 bridgehead atoms. The monoisotopic (exact) mass is 269 g/mol. The van der Waals surface area contributed by atoms with Crippen LogP contribution in [0.2, 0.25) is 0 Å². The van der Waals surface area contributed by atoms with Crippen LogP contribution in [-0.2, 0) is 0 Å². The average Bonchev–Trinajstić information content (AvgIpc) is 2.43. The molecule has 3 heteroatoms. The molecule has 0 saturated heterocycles. The Morgan fingerprint density at radius 2 is 1.75 bits per heavy atom. The van der Waals surface area contributed by atoms with Crippen molar-refractivity contribution in [1.82, 2.24) is 0 Å². The fourth-order valence-corrected chi connectivity index (χ4v) is 2.23. The van der Waals surface area contributed by atoms with E-state index in [1.165, 1.54) is 11.1 Å². The zero-order valence-electron chi connectivity index (χ0n) is 12.1. The van der Waals surface area contributed by atoms with Gasteiger partial charge >= 0.3 is 0 Å². The second kappa shape index (κ2) is 6.24. The fourth-order valence-electron chi connectivity index (χ4n) is 2.23. The van der Waals surface area contributed by atoms with E-state index in [1.807, 2.05) is 38.1 Å². The summed E-state index contributed by atoms with van der Waals surface area (Å²) in [7, 11) is 1.57. The zero-order chi connectivity index (χ0) is 14.5. The van der Waals surface area contributed by atoms with Crippen molar-refractivity contribution in [1.29, 1.82) is 0 Å². The van der Waals surface area contributed by atoms with E-state index in [1.54, 1.807) is 19.2 Å². The van der Waals surface area contributed by atoms with Gasteiger partial charge in [-0.3, -0.25) is 4.79 Å². The molecule has 2 aromatic rings. The highest BCUT2D eigenvalue weighted by Gasteiger charge is 2.11. The molecule has 104 valence electrons. The highest BCUT2D eigenvalue weighted by Crippen LogP contribution is 2.19.